The van der Waals surface area contributed by atoms with E-state index in [0.717, 1.165) is 18.1 Å². The number of hydrazine groups is 1. The number of hydrogen-bond acceptors (Lipinski definition) is 5. The Morgan fingerprint density at radius 3 is 2.79 bits per heavy atom. The Labute approximate surface area is 117 Å². The van der Waals surface area contributed by atoms with Gasteiger partial charge in [-0.3, -0.25) is 15.6 Å². The normalized spacial score (nSPS) is 22.8. The molecule has 1 heterocycles. The van der Waals surface area contributed by atoms with E-state index in [0.29, 0.717) is 11.4 Å². The number of anilines is 1. The first-order valence-electron chi connectivity index (χ1n) is 6.49. The molecule has 0 aromatic carbocycles. The zero-order chi connectivity index (χ0) is 13.7. The molecule has 1 saturated carbocycles. The predicted molar refractivity (Wildman–Crippen MR) is 79.1 cm³/mol. The van der Waals surface area contributed by atoms with Gasteiger partial charge in [0, 0.05) is 17.5 Å². The molecule has 1 amide bonds. The Morgan fingerprint density at radius 2 is 2.16 bits per heavy atom. The lowest BCUT2D eigenvalue weighted by Crippen LogP contribution is -2.38. The third-order valence-electron chi connectivity index (χ3n) is 3.50. The number of carbonyl (C=O) groups excluding carboxylic acids is 1. The second-order valence-corrected chi connectivity index (χ2v) is 5.89. The van der Waals surface area contributed by atoms with Gasteiger partial charge in [0.15, 0.2) is 0 Å². The number of amides is 1. The lowest BCUT2D eigenvalue weighted by atomic mass is 9.95. The third kappa shape index (κ3) is 3.84. The van der Waals surface area contributed by atoms with Crippen molar-refractivity contribution < 1.29 is 4.79 Å². The fourth-order valence-corrected chi connectivity index (χ4v) is 3.09. The monoisotopic (exact) mass is 280 g/mol. The molecule has 5 nitrogen and oxygen atoms in total. The number of carbonyl (C=O) groups is 1. The summed E-state index contributed by atoms with van der Waals surface area (Å²) in [6, 6.07) is 3.65. The van der Waals surface area contributed by atoms with E-state index in [-0.39, 0.29) is 11.9 Å². The van der Waals surface area contributed by atoms with E-state index < -0.39 is 0 Å². The van der Waals surface area contributed by atoms with Crippen LogP contribution in [0.2, 0.25) is 0 Å². The van der Waals surface area contributed by atoms with Crippen LogP contribution < -0.4 is 16.6 Å². The third-order valence-corrected chi connectivity index (χ3v) is 4.64. The van der Waals surface area contributed by atoms with Crippen LogP contribution in [0.25, 0.3) is 0 Å². The molecular formula is C13H20N4OS. The number of nitrogens with zero attached hydrogens (tertiary/aromatic N) is 1. The minimum Gasteiger partial charge on any atom is -0.348 e. The minimum atomic E-state index is -0.121. The number of nitrogens with one attached hydrogen (secondary N) is 2. The van der Waals surface area contributed by atoms with Gasteiger partial charge in [-0.1, -0.05) is 0 Å². The summed E-state index contributed by atoms with van der Waals surface area (Å²) in [4.78, 5) is 16.2. The predicted octanol–water partition coefficient (Wildman–Crippen LogP) is 1.77. The number of hydrogen-bond donors (Lipinski definition) is 3. The van der Waals surface area contributed by atoms with Crippen LogP contribution in [0.4, 0.5) is 5.69 Å². The quantitative estimate of drug-likeness (QED) is 0.578. The van der Waals surface area contributed by atoms with Gasteiger partial charge < -0.3 is 10.7 Å². The van der Waals surface area contributed by atoms with Gasteiger partial charge in [0.25, 0.3) is 5.91 Å². The molecule has 1 fully saturated rings. The zero-order valence-electron chi connectivity index (χ0n) is 11.1. The Kier molecular flexibility index (Phi) is 5.04. The highest BCUT2D eigenvalue weighted by atomic mass is 32.2. The molecule has 4 N–H and O–H groups in total. The maximum atomic E-state index is 12.1. The number of pyridine rings is 1. The molecule has 6 heteroatoms. The maximum absolute atomic E-state index is 12.1. The Balaban J connectivity index is 1.90. The molecule has 0 aliphatic heterocycles. The van der Waals surface area contributed by atoms with E-state index in [9.17, 15) is 4.79 Å². The van der Waals surface area contributed by atoms with Crippen molar-refractivity contribution in [1.29, 1.82) is 0 Å². The van der Waals surface area contributed by atoms with Gasteiger partial charge in [0.05, 0.1) is 5.69 Å². The molecular weight excluding hydrogens is 260 g/mol. The highest BCUT2D eigenvalue weighted by molar-refractivity contribution is 7.99. The maximum Gasteiger partial charge on any atom is 0.270 e. The molecule has 0 spiro atoms. The van der Waals surface area contributed by atoms with Crippen molar-refractivity contribution in [3.8, 4) is 0 Å². The van der Waals surface area contributed by atoms with Crippen LogP contribution in [0, 0.1) is 0 Å². The first-order chi connectivity index (χ1) is 9.22. The number of nitrogen functional groups attached to an aromatic ring is 1. The summed E-state index contributed by atoms with van der Waals surface area (Å²) in [5.74, 6) is 5.20. The van der Waals surface area contributed by atoms with Gasteiger partial charge in [0.2, 0.25) is 0 Å². The summed E-state index contributed by atoms with van der Waals surface area (Å²) in [7, 11) is 0. The molecule has 1 aliphatic carbocycles. The smallest absolute Gasteiger partial charge is 0.270 e. The highest BCUT2D eigenvalue weighted by Gasteiger charge is 2.22. The van der Waals surface area contributed by atoms with Crippen molar-refractivity contribution in [2.75, 3.05) is 11.7 Å². The molecule has 0 bridgehead atoms. The van der Waals surface area contributed by atoms with Crippen LogP contribution in [0.1, 0.15) is 36.2 Å². The van der Waals surface area contributed by atoms with Gasteiger partial charge in [-0.2, -0.15) is 11.8 Å². The summed E-state index contributed by atoms with van der Waals surface area (Å²) in [5, 5.41) is 3.80. The van der Waals surface area contributed by atoms with Gasteiger partial charge in [-0.05, 0) is 44.1 Å². The Hall–Kier alpha value is -1.27. The van der Waals surface area contributed by atoms with Crippen molar-refractivity contribution in [1.82, 2.24) is 10.3 Å². The summed E-state index contributed by atoms with van der Waals surface area (Å²) in [5.41, 5.74) is 3.61. The summed E-state index contributed by atoms with van der Waals surface area (Å²) >= 11 is 1.92. The Bertz CT molecular complexity index is 432. The topological polar surface area (TPSA) is 80.0 Å². The SMILES string of the molecule is CSC1CCC(NC(=O)c2cc(NN)ccn2)CC1. The number of nitrogens with two attached hydrogens (primary N) is 1. The second kappa shape index (κ2) is 6.77. The van der Waals surface area contributed by atoms with Crippen molar-refractivity contribution in [3.63, 3.8) is 0 Å². The van der Waals surface area contributed by atoms with Crippen LogP contribution in [0.3, 0.4) is 0 Å². The minimum absolute atomic E-state index is 0.121. The van der Waals surface area contributed by atoms with Crippen LogP contribution in [-0.2, 0) is 0 Å². The molecule has 104 valence electrons. The van der Waals surface area contributed by atoms with E-state index in [4.69, 9.17) is 5.84 Å². The van der Waals surface area contributed by atoms with Gasteiger partial charge in [-0.25, -0.2) is 0 Å². The van der Waals surface area contributed by atoms with Crippen molar-refractivity contribution >= 4 is 23.4 Å². The summed E-state index contributed by atoms with van der Waals surface area (Å²) < 4.78 is 0. The lowest BCUT2D eigenvalue weighted by molar-refractivity contribution is 0.0923. The highest BCUT2D eigenvalue weighted by Crippen LogP contribution is 2.26. The molecule has 2 rings (SSSR count). The fourth-order valence-electron chi connectivity index (χ4n) is 2.35. The molecule has 1 aliphatic rings. The first kappa shape index (κ1) is 14.1. The fraction of sp³-hybridized carbons (Fsp3) is 0.538. The average Bonchev–Trinajstić information content (AvgIpc) is 2.48. The van der Waals surface area contributed by atoms with Crippen molar-refractivity contribution in [3.05, 3.63) is 24.0 Å². The lowest BCUT2D eigenvalue weighted by Gasteiger charge is -2.27. The van der Waals surface area contributed by atoms with E-state index in [1.54, 1.807) is 18.3 Å². The molecule has 0 saturated heterocycles. The van der Waals surface area contributed by atoms with Crippen LogP contribution in [0.15, 0.2) is 18.3 Å². The Morgan fingerprint density at radius 1 is 1.42 bits per heavy atom. The zero-order valence-corrected chi connectivity index (χ0v) is 11.9. The van der Waals surface area contributed by atoms with Crippen molar-refractivity contribution in [2.24, 2.45) is 5.84 Å². The average molecular weight is 280 g/mol. The number of aromatic nitrogens is 1. The largest absolute Gasteiger partial charge is 0.348 e. The molecule has 0 atom stereocenters. The molecule has 0 unspecified atom stereocenters. The van der Waals surface area contributed by atoms with E-state index in [1.165, 1.54) is 12.8 Å². The first-order valence-corrected chi connectivity index (χ1v) is 7.78. The summed E-state index contributed by atoms with van der Waals surface area (Å²) in [6.45, 7) is 0. The number of rotatable bonds is 4. The summed E-state index contributed by atoms with van der Waals surface area (Å²) in [6.07, 6.45) is 8.17. The van der Waals surface area contributed by atoms with Crippen LogP contribution in [-0.4, -0.2) is 28.4 Å². The number of thioether (sulfide) groups is 1. The standard InChI is InChI=1S/C13H20N4OS/c1-19-11-4-2-9(3-5-11)16-13(18)12-8-10(17-14)6-7-15-12/h6-9,11H,2-5,14H2,1H3,(H,15,17)(H,16,18). The van der Waals surface area contributed by atoms with E-state index in [2.05, 4.69) is 22.0 Å². The van der Waals surface area contributed by atoms with E-state index in [1.807, 2.05) is 11.8 Å². The van der Waals surface area contributed by atoms with Crippen LogP contribution >= 0.6 is 11.8 Å². The molecule has 0 radical (unpaired) electrons. The molecule has 1 aromatic heterocycles. The van der Waals surface area contributed by atoms with Gasteiger partial charge >= 0.3 is 0 Å². The molecule has 1 aromatic rings. The van der Waals surface area contributed by atoms with E-state index >= 15 is 0 Å². The van der Waals surface area contributed by atoms with Crippen molar-refractivity contribution in [2.45, 2.75) is 37.0 Å². The molecule has 19 heavy (non-hydrogen) atoms. The van der Waals surface area contributed by atoms with Gasteiger partial charge in [0.1, 0.15) is 5.69 Å². The second-order valence-electron chi connectivity index (χ2n) is 4.76. The van der Waals surface area contributed by atoms with Crippen LogP contribution in [0.5, 0.6) is 0 Å². The van der Waals surface area contributed by atoms with Gasteiger partial charge in [-0.15, -0.1) is 0 Å².